The van der Waals surface area contributed by atoms with Crippen LogP contribution in [0.4, 0.5) is 0 Å². The molecule has 1 rings (SSSR count). The Labute approximate surface area is 145 Å². The summed E-state index contributed by atoms with van der Waals surface area (Å²) < 4.78 is 5.31. The van der Waals surface area contributed by atoms with Crippen LogP contribution in [-0.4, -0.2) is 52.3 Å². The van der Waals surface area contributed by atoms with E-state index < -0.39 is 0 Å². The fourth-order valence-electron chi connectivity index (χ4n) is 2.45. The van der Waals surface area contributed by atoms with Crippen LogP contribution >= 0.6 is 35.3 Å². The first-order chi connectivity index (χ1) is 10.0. The molecule has 0 radical (unpaired) electrons. The molecule has 0 aromatic carbocycles. The summed E-state index contributed by atoms with van der Waals surface area (Å²) in [5.74, 6) is 3.12. The van der Waals surface area contributed by atoms with Gasteiger partial charge in [0.15, 0.2) is 0 Å². The molecule has 2 nitrogen and oxygen atoms in total. The van der Waals surface area contributed by atoms with Crippen molar-refractivity contribution < 1.29 is 9.53 Å². The van der Waals surface area contributed by atoms with Gasteiger partial charge in [0.25, 0.3) is 0 Å². The highest BCUT2D eigenvalue weighted by molar-refractivity contribution is 8.13. The molecule has 122 valence electrons. The molecule has 0 spiro atoms. The summed E-state index contributed by atoms with van der Waals surface area (Å²) in [5.41, 5.74) is 0. The van der Waals surface area contributed by atoms with Gasteiger partial charge in [0.2, 0.25) is 5.25 Å². The average Bonchev–Trinajstić information content (AvgIpc) is 2.98. The van der Waals surface area contributed by atoms with Crippen molar-refractivity contribution in [3.63, 3.8) is 0 Å². The number of hydrogen-bond donors (Lipinski definition) is 0. The van der Waals surface area contributed by atoms with E-state index >= 15 is 0 Å². The normalized spacial score (nSPS) is 18.0. The Balaban J connectivity index is 3.11. The molecule has 0 N–H and O–H groups in total. The summed E-state index contributed by atoms with van der Waals surface area (Å²) in [6, 6.07) is 0. The Bertz CT molecular complexity index is 377. The quantitative estimate of drug-likeness (QED) is 0.429. The minimum atomic E-state index is -0.0883. The Kier molecular flexibility index (Phi) is 8.46. The monoisotopic (exact) mass is 367 g/mol. The third-order valence-electron chi connectivity index (χ3n) is 3.11. The van der Waals surface area contributed by atoms with Crippen molar-refractivity contribution in [1.82, 2.24) is 0 Å². The predicted octanol–water partition coefficient (Wildman–Crippen LogP) is 4.02. The summed E-state index contributed by atoms with van der Waals surface area (Å²) in [6.45, 7) is 8.90. The second kappa shape index (κ2) is 9.04. The molecule has 0 heterocycles. The lowest BCUT2D eigenvalue weighted by molar-refractivity contribution is -0.142. The molecule has 1 atom stereocenters. The van der Waals surface area contributed by atoms with Crippen LogP contribution in [0.5, 0.6) is 0 Å². The van der Waals surface area contributed by atoms with Crippen LogP contribution in [0, 0.1) is 0 Å². The number of carbonyl (C=O) groups is 1. The molecule has 0 saturated heterocycles. The molecule has 0 fully saturated rings. The van der Waals surface area contributed by atoms with Gasteiger partial charge in [0.1, 0.15) is 4.75 Å². The maximum atomic E-state index is 12.6. The summed E-state index contributed by atoms with van der Waals surface area (Å²) in [6.07, 6.45) is 4.33. The number of carbonyl (C=O) groups excluding carboxylic acids is 1. The standard InChI is InChI=1S/C15H27O2S4/c1-7-17-14(16)13(21(5)6)15(20-10-4)11(18-8-2)12(15)19-9-3/h13H,7-10H2,1-6H3/q+1. The molecule has 1 unspecified atom stereocenters. The number of thioether (sulfide) groups is 3. The van der Waals surface area contributed by atoms with Gasteiger partial charge in [0.05, 0.1) is 19.1 Å². The smallest absolute Gasteiger partial charge is 0.361 e. The Morgan fingerprint density at radius 2 is 1.62 bits per heavy atom. The summed E-state index contributed by atoms with van der Waals surface area (Å²) in [7, 11) is -0.00563. The van der Waals surface area contributed by atoms with Gasteiger partial charge < -0.3 is 4.74 Å². The van der Waals surface area contributed by atoms with Gasteiger partial charge in [0, 0.05) is 9.81 Å². The topological polar surface area (TPSA) is 26.3 Å². The van der Waals surface area contributed by atoms with Crippen LogP contribution in [0.3, 0.4) is 0 Å². The summed E-state index contributed by atoms with van der Waals surface area (Å²) >= 11 is 5.74. The van der Waals surface area contributed by atoms with Gasteiger partial charge >= 0.3 is 5.97 Å². The zero-order valence-corrected chi connectivity index (χ0v) is 17.1. The van der Waals surface area contributed by atoms with E-state index in [4.69, 9.17) is 4.74 Å². The Morgan fingerprint density at radius 3 is 1.95 bits per heavy atom. The third kappa shape index (κ3) is 4.12. The Hall–Kier alpha value is 0.610. The Morgan fingerprint density at radius 1 is 1.10 bits per heavy atom. The van der Waals surface area contributed by atoms with Crippen LogP contribution in [0.15, 0.2) is 9.81 Å². The van der Waals surface area contributed by atoms with E-state index in [-0.39, 0.29) is 26.9 Å². The van der Waals surface area contributed by atoms with Crippen LogP contribution < -0.4 is 0 Å². The van der Waals surface area contributed by atoms with E-state index in [9.17, 15) is 4.79 Å². The minimum Gasteiger partial charge on any atom is -0.462 e. The highest BCUT2D eigenvalue weighted by Gasteiger charge is 2.66. The zero-order valence-electron chi connectivity index (χ0n) is 13.9. The second-order valence-corrected chi connectivity index (χ2v) is 11.0. The SMILES string of the molecule is CCOC(=O)C([S+](C)C)C1(SCC)C(SCC)=C1SCC. The third-order valence-corrected chi connectivity index (χ3v) is 8.73. The van der Waals surface area contributed by atoms with E-state index in [1.807, 2.05) is 42.2 Å². The van der Waals surface area contributed by atoms with Gasteiger partial charge in [-0.3, -0.25) is 0 Å². The fraction of sp³-hybridized carbons (Fsp3) is 0.800. The van der Waals surface area contributed by atoms with Gasteiger partial charge in [-0.15, -0.1) is 35.3 Å². The van der Waals surface area contributed by atoms with Gasteiger partial charge in [-0.25, -0.2) is 4.79 Å². The van der Waals surface area contributed by atoms with E-state index in [1.165, 1.54) is 9.81 Å². The van der Waals surface area contributed by atoms with Crippen molar-refractivity contribution >= 4 is 52.1 Å². The second-order valence-electron chi connectivity index (χ2n) is 4.70. The van der Waals surface area contributed by atoms with Crippen molar-refractivity contribution in [2.24, 2.45) is 0 Å². The van der Waals surface area contributed by atoms with Crippen molar-refractivity contribution in [3.8, 4) is 0 Å². The minimum absolute atomic E-state index is 0.00563. The molecule has 6 heteroatoms. The molecule has 0 aromatic rings. The average molecular weight is 368 g/mol. The lowest BCUT2D eigenvalue weighted by atomic mass is 10.2. The van der Waals surface area contributed by atoms with Crippen LogP contribution in [0.2, 0.25) is 0 Å². The van der Waals surface area contributed by atoms with E-state index in [1.54, 1.807) is 0 Å². The highest BCUT2D eigenvalue weighted by Crippen LogP contribution is 2.66. The van der Waals surface area contributed by atoms with Gasteiger partial charge in [-0.1, -0.05) is 20.8 Å². The van der Waals surface area contributed by atoms with E-state index in [0.29, 0.717) is 6.61 Å². The molecule has 0 saturated carbocycles. The zero-order chi connectivity index (χ0) is 16.0. The maximum Gasteiger partial charge on any atom is 0.361 e. The van der Waals surface area contributed by atoms with Crippen molar-refractivity contribution in [2.45, 2.75) is 37.7 Å². The molecule has 1 aliphatic rings. The number of hydrogen-bond acceptors (Lipinski definition) is 5. The van der Waals surface area contributed by atoms with Crippen molar-refractivity contribution in [3.05, 3.63) is 9.81 Å². The molecule has 0 bridgehead atoms. The maximum absolute atomic E-state index is 12.6. The first kappa shape index (κ1) is 19.7. The number of ether oxygens (including phenoxy) is 1. The largest absolute Gasteiger partial charge is 0.462 e. The lowest BCUT2D eigenvalue weighted by Crippen LogP contribution is -2.44. The van der Waals surface area contributed by atoms with Crippen molar-refractivity contribution in [1.29, 1.82) is 0 Å². The molecule has 0 aliphatic heterocycles. The number of rotatable bonds is 10. The highest BCUT2D eigenvalue weighted by atomic mass is 32.2. The summed E-state index contributed by atoms with van der Waals surface area (Å²) in [4.78, 5) is 15.4. The first-order valence-electron chi connectivity index (χ1n) is 7.38. The van der Waals surface area contributed by atoms with Gasteiger partial charge in [-0.2, -0.15) is 0 Å². The van der Waals surface area contributed by atoms with Gasteiger partial charge in [-0.05, 0) is 35.1 Å². The fourth-order valence-corrected chi connectivity index (χ4v) is 9.03. The summed E-state index contributed by atoms with van der Waals surface area (Å²) in [5, 5.41) is -0.0366. The first-order valence-corrected chi connectivity index (χ1v) is 12.4. The van der Waals surface area contributed by atoms with Crippen molar-refractivity contribution in [2.75, 3.05) is 36.4 Å². The van der Waals surface area contributed by atoms with Crippen LogP contribution in [0.25, 0.3) is 0 Å². The lowest BCUT2D eigenvalue weighted by Gasteiger charge is -2.25. The molecular weight excluding hydrogens is 340 g/mol. The van der Waals surface area contributed by atoms with Crippen LogP contribution in [0.1, 0.15) is 27.7 Å². The number of esters is 1. The molecule has 21 heavy (non-hydrogen) atoms. The molecule has 1 aliphatic carbocycles. The molecular formula is C15H27O2S4+. The molecule has 0 amide bonds. The predicted molar refractivity (Wildman–Crippen MR) is 104 cm³/mol. The molecule has 0 aromatic heterocycles. The van der Waals surface area contributed by atoms with E-state index in [2.05, 4.69) is 33.3 Å². The van der Waals surface area contributed by atoms with E-state index in [0.717, 1.165) is 17.3 Å². The van der Waals surface area contributed by atoms with Crippen LogP contribution in [-0.2, 0) is 20.4 Å².